The lowest BCUT2D eigenvalue weighted by Gasteiger charge is -2.33. The minimum absolute atomic E-state index is 0.355. The number of benzene rings is 2. The second-order valence-electron chi connectivity index (χ2n) is 5.42. The van der Waals surface area contributed by atoms with Crippen LogP contribution in [0.25, 0.3) is 0 Å². The molecule has 2 aromatic rings. The lowest BCUT2D eigenvalue weighted by atomic mass is 9.84. The van der Waals surface area contributed by atoms with Gasteiger partial charge in [0.1, 0.15) is 0 Å². The first kappa shape index (κ1) is 13.8. The standard InChI is InChI=1S/C17H22N2/c1-19(2)14-17(18,16-11-7-4-8-12-16)13-15-9-5-3-6-10-15/h3-12H,13-14,18H2,1-2H3. The second-order valence-corrected chi connectivity index (χ2v) is 5.42. The number of hydrogen-bond acceptors (Lipinski definition) is 2. The minimum Gasteiger partial charge on any atom is -0.320 e. The molecule has 0 aliphatic carbocycles. The summed E-state index contributed by atoms with van der Waals surface area (Å²) in [5.41, 5.74) is 8.82. The first-order valence-electron chi connectivity index (χ1n) is 6.63. The summed E-state index contributed by atoms with van der Waals surface area (Å²) in [6.45, 7) is 0.825. The summed E-state index contributed by atoms with van der Waals surface area (Å²) in [5, 5.41) is 0. The van der Waals surface area contributed by atoms with Crippen molar-refractivity contribution in [2.24, 2.45) is 5.73 Å². The van der Waals surface area contributed by atoms with E-state index in [9.17, 15) is 0 Å². The van der Waals surface area contributed by atoms with E-state index in [1.54, 1.807) is 0 Å². The molecule has 0 aliphatic rings. The fourth-order valence-corrected chi connectivity index (χ4v) is 2.54. The summed E-state index contributed by atoms with van der Waals surface area (Å²) in [4.78, 5) is 2.15. The van der Waals surface area contributed by atoms with Gasteiger partial charge in [-0.05, 0) is 31.6 Å². The van der Waals surface area contributed by atoms with Crippen molar-refractivity contribution in [3.63, 3.8) is 0 Å². The molecule has 0 spiro atoms. The lowest BCUT2D eigenvalue weighted by Crippen LogP contribution is -2.47. The molecule has 1 unspecified atom stereocenters. The van der Waals surface area contributed by atoms with Gasteiger partial charge in [0.15, 0.2) is 0 Å². The zero-order chi connectivity index (χ0) is 13.7. The highest BCUT2D eigenvalue weighted by atomic mass is 15.1. The van der Waals surface area contributed by atoms with Crippen molar-refractivity contribution >= 4 is 0 Å². The van der Waals surface area contributed by atoms with Crippen molar-refractivity contribution in [1.82, 2.24) is 4.90 Å². The summed E-state index contributed by atoms with van der Waals surface area (Å²) < 4.78 is 0. The highest BCUT2D eigenvalue weighted by Crippen LogP contribution is 2.24. The normalized spacial score (nSPS) is 14.3. The Morgan fingerprint density at radius 2 is 1.42 bits per heavy atom. The van der Waals surface area contributed by atoms with Gasteiger partial charge in [0.05, 0.1) is 5.54 Å². The first-order chi connectivity index (χ1) is 9.10. The number of likely N-dealkylation sites (N-methyl/N-ethyl adjacent to an activating group) is 1. The summed E-state index contributed by atoms with van der Waals surface area (Å²) >= 11 is 0. The van der Waals surface area contributed by atoms with E-state index in [0.29, 0.717) is 0 Å². The molecule has 0 bridgehead atoms. The summed E-state index contributed by atoms with van der Waals surface area (Å²) in [7, 11) is 4.13. The smallest absolute Gasteiger partial charge is 0.0579 e. The van der Waals surface area contributed by atoms with Crippen molar-refractivity contribution in [2.75, 3.05) is 20.6 Å². The maximum atomic E-state index is 6.71. The van der Waals surface area contributed by atoms with Gasteiger partial charge in [0, 0.05) is 6.54 Å². The maximum absolute atomic E-state index is 6.71. The van der Waals surface area contributed by atoms with E-state index in [4.69, 9.17) is 5.73 Å². The van der Waals surface area contributed by atoms with Crippen LogP contribution in [0.5, 0.6) is 0 Å². The Labute approximate surface area is 115 Å². The molecular weight excluding hydrogens is 232 g/mol. The first-order valence-corrected chi connectivity index (χ1v) is 6.63. The predicted octanol–water partition coefficient (Wildman–Crippen LogP) is 2.64. The van der Waals surface area contributed by atoms with Gasteiger partial charge in [-0.3, -0.25) is 0 Å². The van der Waals surface area contributed by atoms with Crippen molar-refractivity contribution in [3.8, 4) is 0 Å². The maximum Gasteiger partial charge on any atom is 0.0579 e. The third-order valence-corrected chi connectivity index (χ3v) is 3.31. The van der Waals surface area contributed by atoms with Crippen LogP contribution >= 0.6 is 0 Å². The van der Waals surface area contributed by atoms with E-state index in [0.717, 1.165) is 13.0 Å². The Balaban J connectivity index is 2.30. The van der Waals surface area contributed by atoms with Gasteiger partial charge in [0.25, 0.3) is 0 Å². The van der Waals surface area contributed by atoms with E-state index < -0.39 is 0 Å². The van der Waals surface area contributed by atoms with E-state index in [-0.39, 0.29) is 5.54 Å². The zero-order valence-corrected chi connectivity index (χ0v) is 11.7. The monoisotopic (exact) mass is 254 g/mol. The van der Waals surface area contributed by atoms with Gasteiger partial charge in [-0.25, -0.2) is 0 Å². The Bertz CT molecular complexity index is 493. The number of rotatable bonds is 5. The third kappa shape index (κ3) is 3.66. The molecule has 0 aromatic heterocycles. The molecule has 0 heterocycles. The topological polar surface area (TPSA) is 29.3 Å². The van der Waals surface area contributed by atoms with Crippen molar-refractivity contribution in [3.05, 3.63) is 71.8 Å². The average Bonchev–Trinajstić information content (AvgIpc) is 2.40. The molecule has 2 heteroatoms. The van der Waals surface area contributed by atoms with Crippen molar-refractivity contribution < 1.29 is 0 Å². The molecule has 1 atom stereocenters. The van der Waals surface area contributed by atoms with Crippen LogP contribution in [0.1, 0.15) is 11.1 Å². The molecule has 0 amide bonds. The molecule has 19 heavy (non-hydrogen) atoms. The van der Waals surface area contributed by atoms with Gasteiger partial charge >= 0.3 is 0 Å². The van der Waals surface area contributed by atoms with E-state index in [2.05, 4.69) is 67.5 Å². The molecule has 0 radical (unpaired) electrons. The van der Waals surface area contributed by atoms with Crippen molar-refractivity contribution in [1.29, 1.82) is 0 Å². The van der Waals surface area contributed by atoms with E-state index in [1.807, 2.05) is 12.1 Å². The summed E-state index contributed by atoms with van der Waals surface area (Å²) in [5.74, 6) is 0. The molecule has 0 aliphatic heterocycles. The highest BCUT2D eigenvalue weighted by Gasteiger charge is 2.28. The van der Waals surface area contributed by atoms with Gasteiger partial charge in [0.2, 0.25) is 0 Å². The SMILES string of the molecule is CN(C)CC(N)(Cc1ccccc1)c1ccccc1. The second kappa shape index (κ2) is 6.00. The van der Waals surface area contributed by atoms with Crippen LogP contribution in [-0.4, -0.2) is 25.5 Å². The molecule has 2 N–H and O–H groups in total. The van der Waals surface area contributed by atoms with Gasteiger partial charge in [-0.2, -0.15) is 0 Å². The Morgan fingerprint density at radius 3 is 1.95 bits per heavy atom. The van der Waals surface area contributed by atoms with E-state index >= 15 is 0 Å². The molecule has 2 nitrogen and oxygen atoms in total. The largest absolute Gasteiger partial charge is 0.320 e. The van der Waals surface area contributed by atoms with Crippen LogP contribution in [0.4, 0.5) is 0 Å². The van der Waals surface area contributed by atoms with Crippen LogP contribution in [0.3, 0.4) is 0 Å². The Hall–Kier alpha value is -1.64. The molecule has 2 rings (SSSR count). The van der Waals surface area contributed by atoms with Crippen molar-refractivity contribution in [2.45, 2.75) is 12.0 Å². The summed E-state index contributed by atoms with van der Waals surface area (Å²) in [6.07, 6.45) is 0.843. The molecular formula is C17H22N2. The quantitative estimate of drug-likeness (QED) is 0.889. The molecule has 0 fully saturated rings. The number of hydrogen-bond donors (Lipinski definition) is 1. The zero-order valence-electron chi connectivity index (χ0n) is 11.7. The lowest BCUT2D eigenvalue weighted by molar-refractivity contribution is 0.283. The van der Waals surface area contributed by atoms with Crippen LogP contribution in [-0.2, 0) is 12.0 Å². The third-order valence-electron chi connectivity index (χ3n) is 3.31. The fourth-order valence-electron chi connectivity index (χ4n) is 2.54. The molecule has 100 valence electrons. The van der Waals surface area contributed by atoms with Gasteiger partial charge < -0.3 is 10.6 Å². The summed E-state index contributed by atoms with van der Waals surface area (Å²) in [6, 6.07) is 20.8. The van der Waals surface area contributed by atoms with E-state index in [1.165, 1.54) is 11.1 Å². The number of nitrogens with two attached hydrogens (primary N) is 1. The van der Waals surface area contributed by atoms with Crippen LogP contribution in [0.15, 0.2) is 60.7 Å². The molecule has 0 saturated carbocycles. The molecule has 2 aromatic carbocycles. The average molecular weight is 254 g/mol. The van der Waals surface area contributed by atoms with Crippen LogP contribution in [0.2, 0.25) is 0 Å². The highest BCUT2D eigenvalue weighted by molar-refractivity contribution is 5.28. The Kier molecular flexibility index (Phi) is 4.35. The Morgan fingerprint density at radius 1 is 0.895 bits per heavy atom. The fraction of sp³-hybridized carbons (Fsp3) is 0.294. The van der Waals surface area contributed by atoms with Crippen LogP contribution < -0.4 is 5.73 Å². The molecule has 0 saturated heterocycles. The predicted molar refractivity (Wildman–Crippen MR) is 81.0 cm³/mol. The number of nitrogens with zero attached hydrogens (tertiary/aromatic N) is 1. The minimum atomic E-state index is -0.355. The van der Waals surface area contributed by atoms with Gasteiger partial charge in [-0.15, -0.1) is 0 Å². The van der Waals surface area contributed by atoms with Gasteiger partial charge in [-0.1, -0.05) is 60.7 Å². The van der Waals surface area contributed by atoms with Crippen LogP contribution in [0, 0.1) is 0 Å².